The average Bonchev–Trinajstić information content (AvgIpc) is 2.85. The number of hydrogen-bond donors (Lipinski definition) is 0. The lowest BCUT2D eigenvalue weighted by atomic mass is 10.0. The Morgan fingerprint density at radius 3 is 2.42 bits per heavy atom. The van der Waals surface area contributed by atoms with Gasteiger partial charge in [0.05, 0.1) is 32.0 Å². The minimum atomic E-state index is -1.79. The van der Waals surface area contributed by atoms with E-state index in [-0.39, 0.29) is 33.5 Å². The highest BCUT2D eigenvalue weighted by Gasteiger charge is 2.34. The van der Waals surface area contributed by atoms with Crippen LogP contribution in [0.4, 0.5) is 10.1 Å². The number of carbonyl (C=O) groups is 2. The van der Waals surface area contributed by atoms with Gasteiger partial charge in [-0.1, -0.05) is 41.4 Å². The van der Waals surface area contributed by atoms with E-state index in [0.29, 0.717) is 23.7 Å². The van der Waals surface area contributed by atoms with Crippen LogP contribution in [0, 0.1) is 5.82 Å². The Kier molecular flexibility index (Phi) is 8.13. The van der Waals surface area contributed by atoms with Crippen LogP contribution in [0.5, 0.6) is 0 Å². The first-order chi connectivity index (χ1) is 17.2. The van der Waals surface area contributed by atoms with Crippen molar-refractivity contribution in [2.45, 2.75) is 30.8 Å². The lowest BCUT2D eigenvalue weighted by molar-refractivity contribution is 0.0634. The summed E-state index contributed by atoms with van der Waals surface area (Å²) in [5, 5.41) is 0.785. The highest BCUT2D eigenvalue weighted by Crippen LogP contribution is 2.29. The molecule has 36 heavy (non-hydrogen) atoms. The number of Topliss-reactive ketones (excluding diaryl/α,β-unsaturated/α-hetero) is 1. The second-order valence-electron chi connectivity index (χ2n) is 8.69. The molecular weight excluding hydrogens is 522 g/mol. The zero-order valence-corrected chi connectivity index (χ0v) is 22.1. The maximum Gasteiger partial charge on any atom is 0.254 e. The first-order valence-electron chi connectivity index (χ1n) is 11.5. The van der Waals surface area contributed by atoms with Crippen LogP contribution in [0.1, 0.15) is 34.6 Å². The summed E-state index contributed by atoms with van der Waals surface area (Å²) in [7, 11) is -1.79. The lowest BCUT2D eigenvalue weighted by Crippen LogP contribution is -2.59. The van der Waals surface area contributed by atoms with Crippen molar-refractivity contribution < 1.29 is 18.2 Å². The summed E-state index contributed by atoms with van der Waals surface area (Å²) in [6.07, 6.45) is 0. The topological polar surface area (TPSA) is 57.7 Å². The van der Waals surface area contributed by atoms with Crippen molar-refractivity contribution in [1.82, 2.24) is 4.90 Å². The van der Waals surface area contributed by atoms with Crippen LogP contribution in [-0.4, -0.2) is 51.7 Å². The highest BCUT2D eigenvalue weighted by atomic mass is 35.5. The van der Waals surface area contributed by atoms with E-state index >= 15 is 0 Å². The fourth-order valence-electron chi connectivity index (χ4n) is 4.40. The molecule has 0 spiro atoms. The molecule has 3 aromatic carbocycles. The number of ketones is 1. The van der Waals surface area contributed by atoms with Gasteiger partial charge in [-0.25, -0.2) is 4.39 Å². The van der Waals surface area contributed by atoms with Gasteiger partial charge in [0.25, 0.3) is 5.91 Å². The zero-order chi connectivity index (χ0) is 26.0. The van der Waals surface area contributed by atoms with Crippen LogP contribution in [0.15, 0.2) is 71.6 Å². The molecule has 0 radical (unpaired) electrons. The quantitative estimate of drug-likeness (QED) is 0.363. The van der Waals surface area contributed by atoms with E-state index in [1.807, 2.05) is 31.2 Å². The Morgan fingerprint density at radius 1 is 0.972 bits per heavy atom. The zero-order valence-electron chi connectivity index (χ0n) is 19.8. The first kappa shape index (κ1) is 26.3. The van der Waals surface area contributed by atoms with E-state index in [1.54, 1.807) is 17.0 Å². The SMILES string of the molecule is C[C@H]1[C@H](C)N(c2cccc(Cl)c2)CCN1C(=O)c1ccc(S(=O)CC(=O)c2ccccc2F)c(Cl)c1. The Balaban J connectivity index is 1.46. The van der Waals surface area contributed by atoms with Gasteiger partial charge < -0.3 is 9.80 Å². The maximum atomic E-state index is 13.9. The molecule has 3 atom stereocenters. The molecule has 0 aromatic heterocycles. The highest BCUT2D eigenvalue weighted by molar-refractivity contribution is 7.86. The molecule has 1 unspecified atom stereocenters. The summed E-state index contributed by atoms with van der Waals surface area (Å²) in [5.74, 6) is -1.83. The number of rotatable bonds is 6. The van der Waals surface area contributed by atoms with Crippen LogP contribution >= 0.6 is 23.2 Å². The maximum absolute atomic E-state index is 13.9. The summed E-state index contributed by atoms with van der Waals surface area (Å²) < 4.78 is 26.7. The van der Waals surface area contributed by atoms with E-state index in [4.69, 9.17) is 23.2 Å². The molecule has 1 fully saturated rings. The Labute approximate surface area is 222 Å². The number of benzene rings is 3. The molecule has 1 aliphatic rings. The first-order valence-corrected chi connectivity index (χ1v) is 13.5. The van der Waals surface area contributed by atoms with E-state index in [2.05, 4.69) is 11.8 Å². The summed E-state index contributed by atoms with van der Waals surface area (Å²) in [5.41, 5.74) is 1.26. The van der Waals surface area contributed by atoms with Gasteiger partial charge in [-0.2, -0.15) is 0 Å². The molecular formula is C27H25Cl2FN2O3S. The third kappa shape index (κ3) is 5.48. The Morgan fingerprint density at radius 2 is 1.72 bits per heavy atom. The summed E-state index contributed by atoms with van der Waals surface area (Å²) in [6, 6.07) is 17.7. The molecule has 0 N–H and O–H groups in total. The second kappa shape index (κ2) is 11.1. The van der Waals surface area contributed by atoms with Crippen molar-refractivity contribution >= 4 is 51.4 Å². The van der Waals surface area contributed by atoms with Gasteiger partial charge in [-0.15, -0.1) is 0 Å². The third-order valence-electron chi connectivity index (χ3n) is 6.52. The smallest absolute Gasteiger partial charge is 0.254 e. The Hall–Kier alpha value is -2.74. The minimum absolute atomic E-state index is 0.0489. The average molecular weight is 547 g/mol. The second-order valence-corrected chi connectivity index (χ2v) is 11.0. The van der Waals surface area contributed by atoms with Crippen LogP contribution in [0.25, 0.3) is 0 Å². The number of carbonyl (C=O) groups excluding carboxylic acids is 2. The molecule has 0 aliphatic carbocycles. The molecule has 1 saturated heterocycles. The predicted molar refractivity (Wildman–Crippen MR) is 142 cm³/mol. The van der Waals surface area contributed by atoms with Gasteiger partial charge in [0.1, 0.15) is 5.82 Å². The Bertz CT molecular complexity index is 1340. The molecule has 1 amide bonds. The molecule has 188 valence electrons. The van der Waals surface area contributed by atoms with Gasteiger partial charge >= 0.3 is 0 Å². The lowest BCUT2D eigenvalue weighted by Gasteiger charge is -2.46. The van der Waals surface area contributed by atoms with Crippen molar-refractivity contribution in [2.24, 2.45) is 0 Å². The van der Waals surface area contributed by atoms with Gasteiger partial charge in [0, 0.05) is 41.4 Å². The molecule has 9 heteroatoms. The van der Waals surface area contributed by atoms with Crippen molar-refractivity contribution in [2.75, 3.05) is 23.7 Å². The number of piperazine rings is 1. The van der Waals surface area contributed by atoms with Crippen LogP contribution < -0.4 is 4.90 Å². The standard InChI is InChI=1S/C27H25Cl2FN2O3S/c1-17-18(2)32(13-12-31(17)21-7-5-6-20(28)15-21)27(34)19-10-11-26(23(29)14-19)36(35)16-25(33)22-8-3-4-9-24(22)30/h3-11,14-15,17-18H,12-13,16H2,1-2H3/t17-,18-,36?/m0/s1. The molecule has 0 saturated carbocycles. The van der Waals surface area contributed by atoms with E-state index < -0.39 is 28.2 Å². The monoisotopic (exact) mass is 546 g/mol. The van der Waals surface area contributed by atoms with Gasteiger partial charge in [-0.05, 0) is 62.4 Å². The van der Waals surface area contributed by atoms with Crippen LogP contribution in [0.2, 0.25) is 10.0 Å². The van der Waals surface area contributed by atoms with Crippen molar-refractivity contribution in [1.29, 1.82) is 0 Å². The number of halogens is 3. The van der Waals surface area contributed by atoms with Crippen LogP contribution in [0.3, 0.4) is 0 Å². The number of hydrogen-bond acceptors (Lipinski definition) is 4. The fraction of sp³-hybridized carbons (Fsp3) is 0.259. The summed E-state index contributed by atoms with van der Waals surface area (Å²) in [4.78, 5) is 30.0. The molecule has 1 aliphatic heterocycles. The largest absolute Gasteiger partial charge is 0.365 e. The minimum Gasteiger partial charge on any atom is -0.365 e. The number of amides is 1. The van der Waals surface area contributed by atoms with Crippen molar-refractivity contribution in [3.8, 4) is 0 Å². The number of anilines is 1. The van der Waals surface area contributed by atoms with E-state index in [9.17, 15) is 18.2 Å². The summed E-state index contributed by atoms with van der Waals surface area (Å²) in [6.45, 7) is 5.22. The van der Waals surface area contributed by atoms with Crippen molar-refractivity contribution in [3.05, 3.63) is 93.7 Å². The normalized spacial score (nSPS) is 18.7. The van der Waals surface area contributed by atoms with Gasteiger partial charge in [0.2, 0.25) is 0 Å². The predicted octanol–water partition coefficient (Wildman–Crippen LogP) is 5.86. The van der Waals surface area contributed by atoms with E-state index in [1.165, 1.54) is 30.3 Å². The van der Waals surface area contributed by atoms with Gasteiger partial charge in [0.15, 0.2) is 5.78 Å². The molecule has 0 bridgehead atoms. The van der Waals surface area contributed by atoms with Crippen LogP contribution in [-0.2, 0) is 10.8 Å². The molecule has 1 heterocycles. The summed E-state index contributed by atoms with van der Waals surface area (Å²) >= 11 is 12.5. The van der Waals surface area contributed by atoms with E-state index in [0.717, 1.165) is 5.69 Å². The number of nitrogens with zero attached hydrogens (tertiary/aromatic N) is 2. The molecule has 3 aromatic rings. The third-order valence-corrected chi connectivity index (χ3v) is 8.56. The molecule has 4 rings (SSSR count). The van der Waals surface area contributed by atoms with Gasteiger partial charge in [-0.3, -0.25) is 13.8 Å². The molecule has 5 nitrogen and oxygen atoms in total. The van der Waals surface area contributed by atoms with Crippen molar-refractivity contribution in [3.63, 3.8) is 0 Å². The fourth-order valence-corrected chi connectivity index (χ4v) is 6.06.